The number of aromatic amines is 1. The summed E-state index contributed by atoms with van der Waals surface area (Å²) in [5.74, 6) is -0.411. The molecule has 0 bridgehead atoms. The highest BCUT2D eigenvalue weighted by Crippen LogP contribution is 2.31. The molecule has 2 aromatic carbocycles. The normalized spacial score (nSPS) is 10.7. The van der Waals surface area contributed by atoms with Gasteiger partial charge in [-0.25, -0.2) is 0 Å². The second-order valence-corrected chi connectivity index (χ2v) is 5.20. The molecule has 3 rings (SSSR count). The van der Waals surface area contributed by atoms with Crippen LogP contribution in [0.5, 0.6) is 0 Å². The summed E-state index contributed by atoms with van der Waals surface area (Å²) in [7, 11) is 0. The summed E-state index contributed by atoms with van der Waals surface area (Å²) in [5, 5.41) is 7.98. The number of aromatic nitrogens is 2. The van der Waals surface area contributed by atoms with Crippen LogP contribution in [0.25, 0.3) is 10.9 Å². The van der Waals surface area contributed by atoms with Crippen LogP contribution in [-0.4, -0.2) is 16.1 Å². The van der Waals surface area contributed by atoms with Crippen LogP contribution in [0.15, 0.2) is 58.5 Å². The Hall–Kier alpha value is -2.27. The van der Waals surface area contributed by atoms with E-state index >= 15 is 0 Å². The van der Waals surface area contributed by atoms with Crippen molar-refractivity contribution in [2.75, 3.05) is 0 Å². The van der Waals surface area contributed by atoms with E-state index < -0.39 is 5.91 Å². The standard InChI is InChI=1S/C14H11N3OS/c15-14(18)11-3-1-2-4-13(11)19-10-6-5-9-8-16-17-12(9)7-10/h1-8H,(H2,15,18)(H,16,17). The fraction of sp³-hybridized carbons (Fsp3) is 0. The van der Waals surface area contributed by atoms with Crippen LogP contribution in [-0.2, 0) is 0 Å². The molecule has 1 heterocycles. The minimum Gasteiger partial charge on any atom is -0.366 e. The zero-order valence-electron chi connectivity index (χ0n) is 9.96. The van der Waals surface area contributed by atoms with Gasteiger partial charge in [-0.05, 0) is 24.3 Å². The zero-order chi connectivity index (χ0) is 13.2. The molecule has 0 aliphatic carbocycles. The van der Waals surface area contributed by atoms with Crippen LogP contribution in [0.4, 0.5) is 0 Å². The van der Waals surface area contributed by atoms with Gasteiger partial charge in [0.1, 0.15) is 0 Å². The molecule has 0 unspecified atom stereocenters. The molecule has 3 aromatic rings. The number of fused-ring (bicyclic) bond motifs is 1. The smallest absolute Gasteiger partial charge is 0.249 e. The summed E-state index contributed by atoms with van der Waals surface area (Å²) >= 11 is 1.51. The molecule has 19 heavy (non-hydrogen) atoms. The van der Waals surface area contributed by atoms with Crippen LogP contribution in [0.1, 0.15) is 10.4 Å². The number of hydrogen-bond donors (Lipinski definition) is 2. The summed E-state index contributed by atoms with van der Waals surface area (Å²) in [6, 6.07) is 13.3. The van der Waals surface area contributed by atoms with Crippen molar-refractivity contribution < 1.29 is 4.79 Å². The molecule has 3 N–H and O–H groups in total. The van der Waals surface area contributed by atoms with E-state index in [2.05, 4.69) is 10.2 Å². The molecule has 0 spiro atoms. The van der Waals surface area contributed by atoms with Gasteiger partial charge < -0.3 is 5.73 Å². The Morgan fingerprint density at radius 1 is 1.21 bits per heavy atom. The van der Waals surface area contributed by atoms with Crippen LogP contribution in [0.3, 0.4) is 0 Å². The highest BCUT2D eigenvalue weighted by Gasteiger charge is 2.09. The molecule has 4 nitrogen and oxygen atoms in total. The molecule has 1 aromatic heterocycles. The van der Waals surface area contributed by atoms with Gasteiger partial charge in [-0.1, -0.05) is 30.0 Å². The van der Waals surface area contributed by atoms with Gasteiger partial charge in [0, 0.05) is 15.2 Å². The average Bonchev–Trinajstić information content (AvgIpc) is 2.86. The molecule has 0 radical (unpaired) electrons. The molecule has 0 saturated heterocycles. The molecular weight excluding hydrogens is 258 g/mol. The second-order valence-electron chi connectivity index (χ2n) is 4.08. The van der Waals surface area contributed by atoms with Gasteiger partial charge in [0.15, 0.2) is 0 Å². The van der Waals surface area contributed by atoms with Gasteiger partial charge in [-0.3, -0.25) is 9.89 Å². The third-order valence-electron chi connectivity index (χ3n) is 2.79. The van der Waals surface area contributed by atoms with Crippen molar-refractivity contribution in [2.45, 2.75) is 9.79 Å². The van der Waals surface area contributed by atoms with Gasteiger partial charge >= 0.3 is 0 Å². The lowest BCUT2D eigenvalue weighted by atomic mass is 10.2. The molecular formula is C14H11N3OS. The van der Waals surface area contributed by atoms with Crippen LogP contribution in [0.2, 0.25) is 0 Å². The number of rotatable bonds is 3. The van der Waals surface area contributed by atoms with Gasteiger partial charge in [0.2, 0.25) is 5.91 Å². The van der Waals surface area contributed by atoms with E-state index in [1.807, 2.05) is 36.4 Å². The summed E-state index contributed by atoms with van der Waals surface area (Å²) in [6.07, 6.45) is 1.78. The lowest BCUT2D eigenvalue weighted by Crippen LogP contribution is -2.11. The van der Waals surface area contributed by atoms with Gasteiger partial charge in [0.05, 0.1) is 17.3 Å². The van der Waals surface area contributed by atoms with Gasteiger partial charge in [-0.2, -0.15) is 5.10 Å². The summed E-state index contributed by atoms with van der Waals surface area (Å²) < 4.78 is 0. The predicted octanol–water partition coefficient (Wildman–Crippen LogP) is 2.81. The van der Waals surface area contributed by atoms with E-state index in [-0.39, 0.29) is 0 Å². The van der Waals surface area contributed by atoms with E-state index in [1.165, 1.54) is 11.8 Å². The van der Waals surface area contributed by atoms with E-state index in [4.69, 9.17) is 5.73 Å². The van der Waals surface area contributed by atoms with Crippen LogP contribution < -0.4 is 5.73 Å². The number of hydrogen-bond acceptors (Lipinski definition) is 3. The van der Waals surface area contributed by atoms with E-state index in [1.54, 1.807) is 12.3 Å². The van der Waals surface area contributed by atoms with Crippen LogP contribution in [0, 0.1) is 0 Å². The molecule has 5 heteroatoms. The SMILES string of the molecule is NC(=O)c1ccccc1Sc1ccc2cn[nH]c2c1. The highest BCUT2D eigenvalue weighted by molar-refractivity contribution is 7.99. The number of benzene rings is 2. The fourth-order valence-corrected chi connectivity index (χ4v) is 2.86. The van der Waals surface area contributed by atoms with E-state index in [0.717, 1.165) is 20.7 Å². The molecule has 94 valence electrons. The maximum absolute atomic E-state index is 11.4. The Morgan fingerprint density at radius 3 is 2.89 bits per heavy atom. The van der Waals surface area contributed by atoms with E-state index in [9.17, 15) is 4.79 Å². The van der Waals surface area contributed by atoms with Crippen molar-refractivity contribution in [1.82, 2.24) is 10.2 Å². The van der Waals surface area contributed by atoms with Crippen molar-refractivity contribution in [2.24, 2.45) is 5.73 Å². The zero-order valence-corrected chi connectivity index (χ0v) is 10.8. The molecule has 0 aliphatic heterocycles. The largest absolute Gasteiger partial charge is 0.366 e. The summed E-state index contributed by atoms with van der Waals surface area (Å²) in [6.45, 7) is 0. The Labute approximate surface area is 114 Å². The average molecular weight is 269 g/mol. The number of nitrogens with one attached hydrogen (secondary N) is 1. The third kappa shape index (κ3) is 2.32. The molecule has 0 atom stereocenters. The van der Waals surface area contributed by atoms with Gasteiger partial charge in [0.25, 0.3) is 0 Å². The van der Waals surface area contributed by atoms with Gasteiger partial charge in [-0.15, -0.1) is 0 Å². The summed E-state index contributed by atoms with van der Waals surface area (Å²) in [4.78, 5) is 13.3. The number of carbonyl (C=O) groups excluding carboxylic acids is 1. The first-order chi connectivity index (χ1) is 9.24. The van der Waals surface area contributed by atoms with Crippen molar-refractivity contribution in [3.8, 4) is 0 Å². The number of nitrogens with zero attached hydrogens (tertiary/aromatic N) is 1. The van der Waals surface area contributed by atoms with Crippen molar-refractivity contribution >= 4 is 28.6 Å². The number of amides is 1. The van der Waals surface area contributed by atoms with Crippen molar-refractivity contribution in [1.29, 1.82) is 0 Å². The third-order valence-corrected chi connectivity index (χ3v) is 3.86. The number of H-pyrrole nitrogens is 1. The fourth-order valence-electron chi connectivity index (χ4n) is 1.87. The Kier molecular flexibility index (Phi) is 2.97. The lowest BCUT2D eigenvalue weighted by Gasteiger charge is -2.06. The molecule has 0 fully saturated rings. The van der Waals surface area contributed by atoms with Crippen LogP contribution >= 0.6 is 11.8 Å². The first-order valence-corrected chi connectivity index (χ1v) is 6.55. The Balaban J connectivity index is 1.98. The quantitative estimate of drug-likeness (QED) is 0.768. The second kappa shape index (κ2) is 4.78. The molecule has 0 saturated carbocycles. The molecule has 1 amide bonds. The maximum atomic E-state index is 11.4. The maximum Gasteiger partial charge on any atom is 0.249 e. The number of carbonyl (C=O) groups is 1. The Bertz CT molecular complexity index is 751. The lowest BCUT2D eigenvalue weighted by molar-refractivity contribution is 0.0997. The predicted molar refractivity (Wildman–Crippen MR) is 75.2 cm³/mol. The monoisotopic (exact) mass is 269 g/mol. The first-order valence-electron chi connectivity index (χ1n) is 5.74. The molecule has 0 aliphatic rings. The topological polar surface area (TPSA) is 71.8 Å². The van der Waals surface area contributed by atoms with Crippen molar-refractivity contribution in [3.63, 3.8) is 0 Å². The number of primary amides is 1. The summed E-state index contributed by atoms with van der Waals surface area (Å²) in [5.41, 5.74) is 6.89. The Morgan fingerprint density at radius 2 is 2.05 bits per heavy atom. The first kappa shape index (κ1) is 11.8. The minimum absolute atomic E-state index is 0.411. The number of nitrogens with two attached hydrogens (primary N) is 1. The van der Waals surface area contributed by atoms with E-state index in [0.29, 0.717) is 5.56 Å². The highest BCUT2D eigenvalue weighted by atomic mass is 32.2. The van der Waals surface area contributed by atoms with Crippen molar-refractivity contribution in [3.05, 3.63) is 54.2 Å². The minimum atomic E-state index is -0.411.